The van der Waals surface area contributed by atoms with Gasteiger partial charge in [-0.1, -0.05) is 87.1 Å². The highest BCUT2D eigenvalue weighted by Crippen LogP contribution is 2.27. The average molecular weight is 986 g/mol. The maximum absolute atomic E-state index is 13.4. The van der Waals surface area contributed by atoms with E-state index in [0.717, 1.165) is 50.5 Å². The van der Waals surface area contributed by atoms with Crippen LogP contribution in [0, 0.1) is 0 Å². The van der Waals surface area contributed by atoms with Crippen LogP contribution >= 0.6 is 0 Å². The standard InChI is InChI=1S/C51H67N7O13/c1-30(48(65)58-38(47(53)64)25-26-40(52)60)55-49(66)31(2)70-46-43(56-32(3)59)51(69-28-33-18-11-10-12-19-33)71-39(45(46)63)29-68-41(61)24-13-8-6-4-5-7-9-16-27-54-50(67)36-22-17-21-35-42(36)57-37-23-15-14-20-34(37)44(35)62/h10-12,14-15,17-23,30-31,38-39,43,45-46,51,63H,4-9,13,16,24-29H2,1-3H3,(H2,52,60)(H2,53,64)(H,54,67)(H,55,66)(H,56,59)(H,57,62)(H,58,65). The van der Waals surface area contributed by atoms with Gasteiger partial charge in [0.05, 0.1) is 17.7 Å². The van der Waals surface area contributed by atoms with Crippen molar-refractivity contribution < 1.29 is 57.6 Å². The predicted octanol–water partition coefficient (Wildman–Crippen LogP) is 2.79. The van der Waals surface area contributed by atoms with E-state index in [1.54, 1.807) is 24.3 Å². The normalized spacial score (nSPS) is 19.0. The third-order valence-corrected chi connectivity index (χ3v) is 12.1. The summed E-state index contributed by atoms with van der Waals surface area (Å²) in [6.45, 7) is 4.10. The molecule has 0 saturated carbocycles. The minimum absolute atomic E-state index is 0.0268. The molecule has 4 aromatic rings. The van der Waals surface area contributed by atoms with Crippen molar-refractivity contribution in [2.24, 2.45) is 11.5 Å². The monoisotopic (exact) mass is 985 g/mol. The molecule has 71 heavy (non-hydrogen) atoms. The Hall–Kier alpha value is -6.74. The summed E-state index contributed by atoms with van der Waals surface area (Å²) in [7, 11) is 0. The summed E-state index contributed by atoms with van der Waals surface area (Å²) in [5.41, 5.74) is 12.8. The Morgan fingerprint density at radius 1 is 0.789 bits per heavy atom. The Balaban J connectivity index is 1.06. The van der Waals surface area contributed by atoms with E-state index in [9.17, 15) is 43.5 Å². The number of H-pyrrole nitrogens is 1. The molecule has 384 valence electrons. The number of rotatable bonds is 28. The molecule has 20 nitrogen and oxygen atoms in total. The lowest BCUT2D eigenvalue weighted by Crippen LogP contribution is -2.66. The zero-order chi connectivity index (χ0) is 51.5. The van der Waals surface area contributed by atoms with Crippen LogP contribution in [0.15, 0.2) is 77.6 Å². The molecule has 0 radical (unpaired) electrons. The lowest BCUT2D eigenvalue weighted by molar-refractivity contribution is -0.284. The minimum Gasteiger partial charge on any atom is -0.463 e. The number of carbonyl (C=O) groups is 7. The number of aliphatic hydroxyl groups is 1. The third-order valence-electron chi connectivity index (χ3n) is 12.1. The molecule has 3 aromatic carbocycles. The molecule has 1 aliphatic rings. The molecule has 0 spiro atoms. The highest BCUT2D eigenvalue weighted by molar-refractivity contribution is 6.07. The topological polar surface area (TPSA) is 310 Å². The van der Waals surface area contributed by atoms with Gasteiger partial charge in [0.15, 0.2) is 11.7 Å². The predicted molar refractivity (Wildman–Crippen MR) is 262 cm³/mol. The van der Waals surface area contributed by atoms with E-state index in [2.05, 4.69) is 26.3 Å². The van der Waals surface area contributed by atoms with E-state index in [0.29, 0.717) is 40.3 Å². The highest BCUT2D eigenvalue weighted by Gasteiger charge is 2.49. The molecule has 0 aliphatic carbocycles. The van der Waals surface area contributed by atoms with E-state index in [4.69, 9.17) is 30.4 Å². The Labute approximate surface area is 411 Å². The van der Waals surface area contributed by atoms with Gasteiger partial charge in [-0.2, -0.15) is 0 Å². The summed E-state index contributed by atoms with van der Waals surface area (Å²) in [6.07, 6.45) is 0.0369. The Morgan fingerprint density at radius 2 is 1.45 bits per heavy atom. The van der Waals surface area contributed by atoms with E-state index in [1.165, 1.54) is 20.8 Å². The zero-order valence-electron chi connectivity index (χ0n) is 40.4. The van der Waals surface area contributed by atoms with Crippen molar-refractivity contribution in [2.75, 3.05) is 13.2 Å². The number of esters is 1. The number of amides is 6. The van der Waals surface area contributed by atoms with Crippen molar-refractivity contribution in [1.82, 2.24) is 26.3 Å². The van der Waals surface area contributed by atoms with Crippen molar-refractivity contribution in [3.63, 3.8) is 0 Å². The molecule has 10 N–H and O–H groups in total. The number of hydrogen-bond donors (Lipinski definition) is 8. The minimum atomic E-state index is -1.55. The second kappa shape index (κ2) is 27.6. The fourth-order valence-electron chi connectivity index (χ4n) is 8.20. The lowest BCUT2D eigenvalue weighted by atomic mass is 9.96. The van der Waals surface area contributed by atoms with Crippen molar-refractivity contribution in [1.29, 1.82) is 0 Å². The summed E-state index contributed by atoms with van der Waals surface area (Å²) < 4.78 is 23.9. The van der Waals surface area contributed by atoms with Gasteiger partial charge in [-0.25, -0.2) is 0 Å². The maximum atomic E-state index is 13.4. The molecule has 1 fully saturated rings. The van der Waals surface area contributed by atoms with Gasteiger partial charge in [0.2, 0.25) is 29.5 Å². The summed E-state index contributed by atoms with van der Waals surface area (Å²) in [5.74, 6) is -4.44. The third kappa shape index (κ3) is 16.7. The van der Waals surface area contributed by atoms with Crippen molar-refractivity contribution in [3.05, 3.63) is 94.1 Å². The number of nitrogens with one attached hydrogen (secondary N) is 5. The van der Waals surface area contributed by atoms with E-state index >= 15 is 0 Å². The second-order valence-corrected chi connectivity index (χ2v) is 17.7. The Kier molecular flexibility index (Phi) is 21.5. The number of unbranched alkanes of at least 4 members (excludes halogenated alkanes) is 7. The van der Waals surface area contributed by atoms with Gasteiger partial charge >= 0.3 is 5.97 Å². The fraction of sp³-hybridized carbons (Fsp3) is 0.490. The molecule has 5 rings (SSSR count). The summed E-state index contributed by atoms with van der Waals surface area (Å²) in [5, 5.41) is 23.2. The number of fused-ring (bicyclic) bond motifs is 2. The van der Waals surface area contributed by atoms with Gasteiger partial charge in [-0.3, -0.25) is 38.4 Å². The Morgan fingerprint density at radius 3 is 2.14 bits per heavy atom. The average Bonchev–Trinajstić information content (AvgIpc) is 3.34. The van der Waals surface area contributed by atoms with Gasteiger partial charge in [-0.15, -0.1) is 0 Å². The largest absolute Gasteiger partial charge is 0.463 e. The number of benzene rings is 3. The Bertz CT molecular complexity index is 2520. The zero-order valence-corrected chi connectivity index (χ0v) is 40.4. The first-order chi connectivity index (χ1) is 34.0. The maximum Gasteiger partial charge on any atom is 0.305 e. The molecule has 8 atom stereocenters. The first kappa shape index (κ1) is 55.2. The second-order valence-electron chi connectivity index (χ2n) is 17.7. The number of aromatic amines is 1. The number of hydrogen-bond acceptors (Lipinski definition) is 13. The van der Waals surface area contributed by atoms with Crippen LogP contribution in [0.5, 0.6) is 0 Å². The van der Waals surface area contributed by atoms with Crippen LogP contribution in [0.3, 0.4) is 0 Å². The molecule has 1 aliphatic heterocycles. The van der Waals surface area contributed by atoms with Crippen LogP contribution in [0.25, 0.3) is 21.8 Å². The fourth-order valence-corrected chi connectivity index (χ4v) is 8.20. The number of primary amides is 2. The molecule has 1 aromatic heterocycles. The molecular formula is C51H67N7O13. The van der Waals surface area contributed by atoms with Crippen LogP contribution < -0.4 is 38.2 Å². The number of nitrogens with two attached hydrogens (primary N) is 2. The number of aliphatic hydroxyl groups excluding tert-OH is 1. The van der Waals surface area contributed by atoms with Crippen LogP contribution in [0.2, 0.25) is 0 Å². The van der Waals surface area contributed by atoms with Gasteiger partial charge in [-0.05, 0) is 62.9 Å². The van der Waals surface area contributed by atoms with Crippen molar-refractivity contribution in [3.8, 4) is 0 Å². The quantitative estimate of drug-likeness (QED) is 0.0231. The molecule has 6 amide bonds. The molecule has 2 heterocycles. The SMILES string of the molecule is CC(=O)NC1C(OCc2ccccc2)OC(COC(=O)CCCCCCCCCCNC(=O)c2cccc3c(=O)c4ccccc4[nH]c23)C(O)C1OC(C)C(=O)NC(C)C(=O)NC(CCC(N)=O)C(N)=O. The molecule has 1 saturated heterocycles. The van der Waals surface area contributed by atoms with Crippen LogP contribution in [0.1, 0.15) is 107 Å². The first-order valence-corrected chi connectivity index (χ1v) is 24.1. The summed E-state index contributed by atoms with van der Waals surface area (Å²) >= 11 is 0. The van der Waals surface area contributed by atoms with Gasteiger partial charge in [0.25, 0.3) is 5.91 Å². The van der Waals surface area contributed by atoms with Crippen molar-refractivity contribution >= 4 is 63.2 Å². The summed E-state index contributed by atoms with van der Waals surface area (Å²) in [4.78, 5) is 104. The highest BCUT2D eigenvalue weighted by atomic mass is 16.7. The number of carbonyl (C=O) groups excluding carboxylic acids is 7. The number of ether oxygens (including phenoxy) is 4. The van der Waals surface area contributed by atoms with Crippen LogP contribution in [-0.4, -0.2) is 113 Å². The lowest BCUT2D eigenvalue weighted by Gasteiger charge is -2.45. The number of aromatic nitrogens is 1. The van der Waals surface area contributed by atoms with Crippen LogP contribution in [-0.2, 0) is 54.3 Å². The van der Waals surface area contributed by atoms with Gasteiger partial charge in [0.1, 0.15) is 49.1 Å². The molecule has 20 heteroatoms. The summed E-state index contributed by atoms with van der Waals surface area (Å²) in [6, 6.07) is 17.9. The van der Waals surface area contributed by atoms with Gasteiger partial charge in [0, 0.05) is 42.6 Å². The molecule has 8 unspecified atom stereocenters. The van der Waals surface area contributed by atoms with Gasteiger partial charge < -0.3 is 61.8 Å². The van der Waals surface area contributed by atoms with E-state index < -0.39 is 90.9 Å². The smallest absolute Gasteiger partial charge is 0.305 e. The molecule has 0 bridgehead atoms. The van der Waals surface area contributed by atoms with E-state index in [1.807, 2.05) is 48.5 Å². The number of para-hydroxylation sites is 2. The number of pyridine rings is 1. The van der Waals surface area contributed by atoms with Crippen LogP contribution in [0.4, 0.5) is 0 Å². The van der Waals surface area contributed by atoms with Crippen molar-refractivity contribution in [2.45, 2.75) is 147 Å². The van der Waals surface area contributed by atoms with E-state index in [-0.39, 0.29) is 37.2 Å². The molecular weight excluding hydrogens is 919 g/mol. The first-order valence-electron chi connectivity index (χ1n) is 24.1.